The lowest BCUT2D eigenvalue weighted by molar-refractivity contribution is -0.113. The maximum Gasteiger partial charge on any atom is 0.341 e. The summed E-state index contributed by atoms with van der Waals surface area (Å²) in [6.07, 6.45) is 2.44. The minimum atomic E-state index is -0.403. The summed E-state index contributed by atoms with van der Waals surface area (Å²) in [7, 11) is 3.23. The number of thiophene rings is 1. The molecule has 1 aromatic carbocycles. The molecule has 0 fully saturated rings. The highest BCUT2D eigenvalue weighted by Gasteiger charge is 2.29. The standard InChI is InChI=1S/C28H36N4O4S2/c1-16-8-13-20-21(14-16)38-25(23(20)26(34)35-7)29-22(33)15-37-27-31-30-24(32(27)6)17(2)36-19-11-9-18(10-12-19)28(3,4)5/h9-12,16-17H,8,13-15H2,1-7H3,(H,29,33). The van der Waals surface area contributed by atoms with Crippen molar-refractivity contribution in [1.82, 2.24) is 14.8 Å². The Hall–Kier alpha value is -2.85. The van der Waals surface area contributed by atoms with E-state index in [1.165, 1.54) is 35.8 Å². The second-order valence-corrected chi connectivity index (χ2v) is 12.9. The molecule has 1 aliphatic carbocycles. The zero-order valence-electron chi connectivity index (χ0n) is 23.1. The number of benzene rings is 1. The van der Waals surface area contributed by atoms with Crippen LogP contribution in [0, 0.1) is 5.92 Å². The van der Waals surface area contributed by atoms with Crippen LogP contribution in [-0.4, -0.2) is 39.5 Å². The van der Waals surface area contributed by atoms with Gasteiger partial charge in [0.2, 0.25) is 5.91 Å². The van der Waals surface area contributed by atoms with Crippen LogP contribution < -0.4 is 10.1 Å². The van der Waals surface area contributed by atoms with Gasteiger partial charge in [-0.15, -0.1) is 21.5 Å². The smallest absolute Gasteiger partial charge is 0.341 e. The van der Waals surface area contributed by atoms with Crippen molar-refractivity contribution in [1.29, 1.82) is 0 Å². The molecule has 2 unspecified atom stereocenters. The third kappa shape index (κ3) is 6.23. The van der Waals surface area contributed by atoms with Crippen LogP contribution >= 0.6 is 23.1 Å². The van der Waals surface area contributed by atoms with E-state index in [2.05, 4.69) is 55.3 Å². The van der Waals surface area contributed by atoms with Gasteiger partial charge in [-0.25, -0.2) is 4.79 Å². The Morgan fingerprint density at radius 3 is 2.61 bits per heavy atom. The number of esters is 1. The lowest BCUT2D eigenvalue weighted by atomic mass is 9.87. The maximum absolute atomic E-state index is 12.9. The number of rotatable bonds is 8. The predicted octanol–water partition coefficient (Wildman–Crippen LogP) is 5.96. The van der Waals surface area contributed by atoms with Crippen LogP contribution in [0.2, 0.25) is 0 Å². The summed E-state index contributed by atoms with van der Waals surface area (Å²) in [5.41, 5.74) is 2.83. The van der Waals surface area contributed by atoms with Crippen LogP contribution in [0.25, 0.3) is 0 Å². The number of nitrogens with zero attached hydrogens (tertiary/aromatic N) is 3. The monoisotopic (exact) mass is 556 g/mol. The molecule has 1 amide bonds. The molecule has 4 rings (SSSR count). The number of nitrogens with one attached hydrogen (secondary N) is 1. The van der Waals surface area contributed by atoms with Crippen molar-refractivity contribution in [3.05, 3.63) is 51.7 Å². The maximum atomic E-state index is 12.9. The fourth-order valence-electron chi connectivity index (χ4n) is 4.55. The Balaban J connectivity index is 1.39. The summed E-state index contributed by atoms with van der Waals surface area (Å²) in [5.74, 6) is 1.51. The number of amides is 1. The number of fused-ring (bicyclic) bond motifs is 1. The topological polar surface area (TPSA) is 95.3 Å². The molecule has 2 heterocycles. The molecule has 0 radical (unpaired) electrons. The highest BCUT2D eigenvalue weighted by Crippen LogP contribution is 2.40. The fraction of sp³-hybridized carbons (Fsp3) is 0.500. The number of hydrogen-bond donors (Lipinski definition) is 1. The van der Waals surface area contributed by atoms with Gasteiger partial charge in [-0.3, -0.25) is 4.79 Å². The average molecular weight is 557 g/mol. The summed E-state index contributed by atoms with van der Waals surface area (Å²) < 4.78 is 13.0. The van der Waals surface area contributed by atoms with Gasteiger partial charge in [-0.2, -0.15) is 0 Å². The molecule has 0 spiro atoms. The van der Waals surface area contributed by atoms with E-state index >= 15 is 0 Å². The van der Waals surface area contributed by atoms with Crippen molar-refractivity contribution in [3.63, 3.8) is 0 Å². The van der Waals surface area contributed by atoms with Gasteiger partial charge in [0.25, 0.3) is 0 Å². The third-order valence-corrected chi connectivity index (χ3v) is 8.94. The second kappa shape index (κ2) is 11.5. The number of anilines is 1. The van der Waals surface area contributed by atoms with Crippen LogP contribution in [0.4, 0.5) is 5.00 Å². The van der Waals surface area contributed by atoms with E-state index in [1.54, 1.807) is 0 Å². The molecule has 204 valence electrons. The molecule has 8 nitrogen and oxygen atoms in total. The van der Waals surface area contributed by atoms with Crippen LogP contribution in [0.5, 0.6) is 5.75 Å². The van der Waals surface area contributed by atoms with E-state index in [-0.39, 0.29) is 23.2 Å². The van der Waals surface area contributed by atoms with Crippen LogP contribution in [0.15, 0.2) is 29.4 Å². The number of carbonyl (C=O) groups is 2. The molecular weight excluding hydrogens is 520 g/mol. The molecule has 0 saturated carbocycles. The van der Waals surface area contributed by atoms with Crippen molar-refractivity contribution in [2.75, 3.05) is 18.2 Å². The van der Waals surface area contributed by atoms with Crippen molar-refractivity contribution in [2.24, 2.45) is 13.0 Å². The number of thioether (sulfide) groups is 1. The number of ether oxygens (including phenoxy) is 2. The molecule has 0 saturated heterocycles. The Bertz CT molecular complexity index is 1310. The summed E-state index contributed by atoms with van der Waals surface area (Å²) in [5, 5.41) is 12.7. The molecule has 0 bridgehead atoms. The van der Waals surface area contributed by atoms with Crippen LogP contribution in [0.1, 0.15) is 79.3 Å². The summed E-state index contributed by atoms with van der Waals surface area (Å²) in [6, 6.07) is 8.10. The molecule has 10 heteroatoms. The first-order valence-electron chi connectivity index (χ1n) is 12.8. The van der Waals surface area contributed by atoms with Crippen LogP contribution in [-0.2, 0) is 34.8 Å². The largest absolute Gasteiger partial charge is 0.483 e. The summed E-state index contributed by atoms with van der Waals surface area (Å²) in [4.78, 5) is 26.5. The van der Waals surface area contributed by atoms with Crippen molar-refractivity contribution in [2.45, 2.75) is 70.6 Å². The molecule has 1 N–H and O–H groups in total. The van der Waals surface area contributed by atoms with Crippen LogP contribution in [0.3, 0.4) is 0 Å². The zero-order valence-corrected chi connectivity index (χ0v) is 24.7. The molecular formula is C28H36N4O4S2. The van der Waals surface area contributed by atoms with Gasteiger partial charge in [0, 0.05) is 11.9 Å². The molecule has 38 heavy (non-hydrogen) atoms. The van der Waals surface area contributed by atoms with E-state index in [4.69, 9.17) is 9.47 Å². The predicted molar refractivity (Wildman–Crippen MR) is 151 cm³/mol. The SMILES string of the molecule is COC(=O)c1c(NC(=O)CSc2nnc(C(C)Oc3ccc(C(C)(C)C)cc3)n2C)sc2c1CCC(C)C2. The molecule has 0 aliphatic heterocycles. The van der Waals surface area contributed by atoms with E-state index < -0.39 is 5.97 Å². The minimum Gasteiger partial charge on any atom is -0.483 e. The van der Waals surface area contributed by atoms with E-state index in [9.17, 15) is 9.59 Å². The van der Waals surface area contributed by atoms with Gasteiger partial charge < -0.3 is 19.4 Å². The first kappa shape index (κ1) is 28.2. The number of aromatic nitrogens is 3. The fourth-order valence-corrected chi connectivity index (χ4v) is 6.68. The van der Waals surface area contributed by atoms with Gasteiger partial charge >= 0.3 is 5.97 Å². The molecule has 3 aromatic rings. The second-order valence-electron chi connectivity index (χ2n) is 10.8. The average Bonchev–Trinajstić information content (AvgIpc) is 3.41. The van der Waals surface area contributed by atoms with Gasteiger partial charge in [0.15, 0.2) is 17.1 Å². The highest BCUT2D eigenvalue weighted by atomic mass is 32.2. The number of carbonyl (C=O) groups excluding carboxylic acids is 2. The third-order valence-electron chi connectivity index (χ3n) is 6.75. The van der Waals surface area contributed by atoms with Gasteiger partial charge in [0.1, 0.15) is 10.8 Å². The molecule has 2 atom stereocenters. The number of methoxy groups -OCH3 is 1. The van der Waals surface area contributed by atoms with Gasteiger partial charge in [0.05, 0.1) is 18.4 Å². The van der Waals surface area contributed by atoms with E-state index in [0.717, 1.165) is 35.5 Å². The Kier molecular flexibility index (Phi) is 8.52. The van der Waals surface area contributed by atoms with Crippen molar-refractivity contribution >= 4 is 40.0 Å². The van der Waals surface area contributed by atoms with Crippen molar-refractivity contribution < 1.29 is 19.1 Å². The molecule has 2 aromatic heterocycles. The first-order chi connectivity index (χ1) is 18.0. The lowest BCUT2D eigenvalue weighted by Crippen LogP contribution is -2.17. The first-order valence-corrected chi connectivity index (χ1v) is 14.6. The molecule has 1 aliphatic rings. The highest BCUT2D eigenvalue weighted by molar-refractivity contribution is 7.99. The van der Waals surface area contributed by atoms with E-state index in [1.807, 2.05) is 30.7 Å². The normalized spacial score (nSPS) is 16.0. The quantitative estimate of drug-likeness (QED) is 0.270. The Morgan fingerprint density at radius 1 is 1.24 bits per heavy atom. The van der Waals surface area contributed by atoms with Gasteiger partial charge in [-0.1, -0.05) is 51.6 Å². The number of hydrogen-bond acceptors (Lipinski definition) is 8. The lowest BCUT2D eigenvalue weighted by Gasteiger charge is -2.20. The van der Waals surface area contributed by atoms with E-state index in [0.29, 0.717) is 27.5 Å². The van der Waals surface area contributed by atoms with Gasteiger partial charge in [-0.05, 0) is 60.8 Å². The summed E-state index contributed by atoms with van der Waals surface area (Å²) >= 11 is 2.77. The zero-order chi connectivity index (χ0) is 27.6. The Labute approximate surface area is 232 Å². The Morgan fingerprint density at radius 2 is 1.95 bits per heavy atom. The van der Waals surface area contributed by atoms with Crippen molar-refractivity contribution in [3.8, 4) is 5.75 Å². The summed E-state index contributed by atoms with van der Waals surface area (Å²) in [6.45, 7) is 10.7. The minimum absolute atomic E-state index is 0.0779.